The quantitative estimate of drug-likeness (QED) is 0.799. The van der Waals surface area contributed by atoms with Gasteiger partial charge in [0.05, 0.1) is 0 Å². The van der Waals surface area contributed by atoms with Crippen LogP contribution in [-0.4, -0.2) is 9.97 Å². The Hall–Kier alpha value is -1.34. The van der Waals surface area contributed by atoms with E-state index < -0.39 is 16.9 Å². The van der Waals surface area contributed by atoms with Crippen LogP contribution < -0.4 is 5.32 Å². The van der Waals surface area contributed by atoms with Crippen molar-refractivity contribution in [2.24, 2.45) is 0 Å². The fourth-order valence-corrected chi connectivity index (χ4v) is 1.94. The number of nitrogens with zero attached hydrogens (tertiary/aromatic N) is 2. The lowest BCUT2D eigenvalue weighted by Crippen LogP contribution is -2.09. The fraction of sp³-hybridized carbons (Fsp3) is 0.0909. The summed E-state index contributed by atoms with van der Waals surface area (Å²) in [7, 11) is 0. The zero-order valence-corrected chi connectivity index (χ0v) is 11.5. The van der Waals surface area contributed by atoms with Crippen molar-refractivity contribution in [3.8, 4) is 0 Å². The van der Waals surface area contributed by atoms with Gasteiger partial charge in [0.2, 0.25) is 5.95 Å². The van der Waals surface area contributed by atoms with Gasteiger partial charge in [-0.1, -0.05) is 33.6 Å². The Balaban J connectivity index is 2.26. The number of hydrogen-bond acceptors (Lipinski definition) is 3. The SMILES string of the molecule is FC(F)(F)c1cnc(Nc2cccc(Br)c2)nc1Cl. The largest absolute Gasteiger partial charge is 0.420 e. The van der Waals surface area contributed by atoms with Gasteiger partial charge in [-0.3, -0.25) is 0 Å². The average Bonchev–Trinajstić information content (AvgIpc) is 2.27. The van der Waals surface area contributed by atoms with Crippen molar-refractivity contribution in [1.29, 1.82) is 0 Å². The molecule has 0 radical (unpaired) electrons. The van der Waals surface area contributed by atoms with Crippen molar-refractivity contribution in [1.82, 2.24) is 9.97 Å². The molecule has 0 unspecified atom stereocenters. The van der Waals surface area contributed by atoms with E-state index in [2.05, 4.69) is 31.2 Å². The first-order valence-electron chi connectivity index (χ1n) is 4.98. The van der Waals surface area contributed by atoms with Gasteiger partial charge in [0.15, 0.2) is 0 Å². The summed E-state index contributed by atoms with van der Waals surface area (Å²) in [6, 6.07) is 7.03. The van der Waals surface area contributed by atoms with E-state index in [1.807, 2.05) is 6.07 Å². The van der Waals surface area contributed by atoms with Crippen LogP contribution in [0.4, 0.5) is 24.8 Å². The smallest absolute Gasteiger partial charge is 0.324 e. The van der Waals surface area contributed by atoms with Crippen molar-refractivity contribution in [3.63, 3.8) is 0 Å². The molecule has 1 aromatic carbocycles. The number of alkyl halides is 3. The maximum absolute atomic E-state index is 12.5. The predicted molar refractivity (Wildman–Crippen MR) is 69.5 cm³/mol. The normalized spacial score (nSPS) is 11.4. The minimum absolute atomic E-state index is 0.00361. The lowest BCUT2D eigenvalue weighted by molar-refractivity contribution is -0.137. The van der Waals surface area contributed by atoms with E-state index in [4.69, 9.17) is 11.6 Å². The van der Waals surface area contributed by atoms with Crippen molar-refractivity contribution < 1.29 is 13.2 Å². The predicted octanol–water partition coefficient (Wildman–Crippen LogP) is 4.65. The van der Waals surface area contributed by atoms with Crippen LogP contribution in [0, 0.1) is 0 Å². The Labute approximate surface area is 120 Å². The highest BCUT2D eigenvalue weighted by molar-refractivity contribution is 9.10. The molecule has 19 heavy (non-hydrogen) atoms. The third-order valence-corrected chi connectivity index (χ3v) is 2.91. The van der Waals surface area contributed by atoms with E-state index in [-0.39, 0.29) is 5.95 Å². The maximum Gasteiger partial charge on any atom is 0.420 e. The van der Waals surface area contributed by atoms with Gasteiger partial charge in [0, 0.05) is 16.4 Å². The summed E-state index contributed by atoms with van der Waals surface area (Å²) in [4.78, 5) is 7.16. The van der Waals surface area contributed by atoms with Gasteiger partial charge in [0.1, 0.15) is 10.7 Å². The summed E-state index contributed by atoms with van der Waals surface area (Å²) in [5.74, 6) is -0.00361. The van der Waals surface area contributed by atoms with Gasteiger partial charge in [-0.25, -0.2) is 9.97 Å². The minimum Gasteiger partial charge on any atom is -0.324 e. The standard InChI is InChI=1S/C11H6BrClF3N3/c12-6-2-1-3-7(4-6)18-10-17-5-8(9(13)19-10)11(14,15)16/h1-5H,(H,17,18,19). The third-order valence-electron chi connectivity index (χ3n) is 2.13. The van der Waals surface area contributed by atoms with Crippen LogP contribution in [0.3, 0.4) is 0 Å². The molecule has 0 atom stereocenters. The maximum atomic E-state index is 12.5. The molecule has 2 rings (SSSR count). The fourth-order valence-electron chi connectivity index (χ4n) is 1.31. The van der Waals surface area contributed by atoms with E-state index in [0.717, 1.165) is 4.47 Å². The first-order valence-corrected chi connectivity index (χ1v) is 6.15. The molecule has 0 spiro atoms. The number of rotatable bonds is 2. The molecule has 0 saturated heterocycles. The van der Waals surface area contributed by atoms with Crippen LogP contribution >= 0.6 is 27.5 Å². The molecule has 3 nitrogen and oxygen atoms in total. The zero-order valence-electron chi connectivity index (χ0n) is 9.17. The summed E-state index contributed by atoms with van der Waals surface area (Å²) < 4.78 is 38.2. The van der Waals surface area contributed by atoms with E-state index in [1.54, 1.807) is 18.2 Å². The summed E-state index contributed by atoms with van der Waals surface area (Å²) in [5.41, 5.74) is -0.431. The zero-order chi connectivity index (χ0) is 14.0. The molecule has 0 saturated carbocycles. The molecule has 0 bridgehead atoms. The van der Waals surface area contributed by atoms with Crippen molar-refractivity contribution in [2.75, 3.05) is 5.32 Å². The second-order valence-electron chi connectivity index (χ2n) is 3.53. The van der Waals surface area contributed by atoms with Crippen LogP contribution in [-0.2, 0) is 6.18 Å². The summed E-state index contributed by atoms with van der Waals surface area (Å²) in [6.45, 7) is 0. The van der Waals surface area contributed by atoms with Gasteiger partial charge >= 0.3 is 6.18 Å². The second kappa shape index (κ2) is 5.34. The van der Waals surface area contributed by atoms with Crippen molar-refractivity contribution in [3.05, 3.63) is 45.7 Å². The van der Waals surface area contributed by atoms with E-state index in [1.165, 1.54) is 0 Å². The number of benzene rings is 1. The molecule has 0 fully saturated rings. The van der Waals surface area contributed by atoms with Crippen LogP contribution in [0.1, 0.15) is 5.56 Å². The Bertz CT molecular complexity index is 604. The topological polar surface area (TPSA) is 37.8 Å². The highest BCUT2D eigenvalue weighted by Crippen LogP contribution is 2.33. The summed E-state index contributed by atoms with van der Waals surface area (Å²) >= 11 is 8.76. The monoisotopic (exact) mass is 351 g/mol. The van der Waals surface area contributed by atoms with Gasteiger partial charge in [-0.05, 0) is 18.2 Å². The number of anilines is 2. The molecule has 0 amide bonds. The van der Waals surface area contributed by atoms with E-state index in [0.29, 0.717) is 11.9 Å². The highest BCUT2D eigenvalue weighted by atomic mass is 79.9. The Morgan fingerprint density at radius 3 is 2.58 bits per heavy atom. The van der Waals surface area contributed by atoms with Gasteiger partial charge < -0.3 is 5.32 Å². The van der Waals surface area contributed by atoms with Crippen LogP contribution in [0.5, 0.6) is 0 Å². The molecule has 8 heteroatoms. The minimum atomic E-state index is -4.56. The van der Waals surface area contributed by atoms with Crippen LogP contribution in [0.25, 0.3) is 0 Å². The lowest BCUT2D eigenvalue weighted by atomic mass is 10.3. The molecular weight excluding hydrogens is 346 g/mol. The van der Waals surface area contributed by atoms with Crippen molar-refractivity contribution >= 4 is 39.2 Å². The molecule has 0 aliphatic carbocycles. The molecule has 100 valence electrons. The molecule has 0 aliphatic rings. The van der Waals surface area contributed by atoms with Gasteiger partial charge in [-0.2, -0.15) is 13.2 Å². The Morgan fingerprint density at radius 1 is 1.26 bits per heavy atom. The molecule has 1 N–H and O–H groups in total. The Morgan fingerprint density at radius 2 is 2.00 bits per heavy atom. The number of aromatic nitrogens is 2. The first-order chi connectivity index (χ1) is 8.86. The number of hydrogen-bond donors (Lipinski definition) is 1. The number of nitrogens with one attached hydrogen (secondary N) is 1. The van der Waals surface area contributed by atoms with E-state index >= 15 is 0 Å². The highest BCUT2D eigenvalue weighted by Gasteiger charge is 2.34. The third kappa shape index (κ3) is 3.57. The number of halogens is 5. The second-order valence-corrected chi connectivity index (χ2v) is 4.80. The summed E-state index contributed by atoms with van der Waals surface area (Å²) in [5, 5.41) is 2.12. The van der Waals surface area contributed by atoms with Crippen LogP contribution in [0.15, 0.2) is 34.9 Å². The van der Waals surface area contributed by atoms with Crippen molar-refractivity contribution in [2.45, 2.75) is 6.18 Å². The molecule has 0 aliphatic heterocycles. The summed E-state index contributed by atoms with van der Waals surface area (Å²) in [6.07, 6.45) is -3.92. The lowest BCUT2D eigenvalue weighted by Gasteiger charge is -2.09. The van der Waals surface area contributed by atoms with Gasteiger partial charge in [-0.15, -0.1) is 0 Å². The molecule has 2 aromatic rings. The van der Waals surface area contributed by atoms with Crippen LogP contribution in [0.2, 0.25) is 5.15 Å². The average molecular weight is 353 g/mol. The molecule has 1 heterocycles. The van der Waals surface area contributed by atoms with E-state index in [9.17, 15) is 13.2 Å². The molecular formula is C11H6BrClF3N3. The van der Waals surface area contributed by atoms with Gasteiger partial charge in [0.25, 0.3) is 0 Å². The molecule has 1 aromatic heterocycles. The first kappa shape index (κ1) is 14.1. The Kier molecular flexibility index (Phi) is 3.96.